The number of anilines is 1. The Hall–Kier alpha value is -2.31. The molecule has 2 aromatic rings. The lowest BCUT2D eigenvalue weighted by Crippen LogP contribution is -2.40. The summed E-state index contributed by atoms with van der Waals surface area (Å²) in [4.78, 5) is 27.7. The zero-order chi connectivity index (χ0) is 19.8. The van der Waals surface area contributed by atoms with Gasteiger partial charge in [-0.3, -0.25) is 14.5 Å². The summed E-state index contributed by atoms with van der Waals surface area (Å²) in [7, 11) is 0. The molecule has 1 heterocycles. The Labute approximate surface area is 170 Å². The van der Waals surface area contributed by atoms with Crippen molar-refractivity contribution in [1.82, 2.24) is 4.90 Å². The first-order chi connectivity index (χ1) is 13.6. The van der Waals surface area contributed by atoms with Crippen LogP contribution in [0.15, 0.2) is 64.4 Å². The van der Waals surface area contributed by atoms with E-state index in [0.29, 0.717) is 18.9 Å². The number of hydrogen-bond acceptors (Lipinski definition) is 4. The second-order valence-electron chi connectivity index (χ2n) is 7.14. The van der Waals surface area contributed by atoms with Gasteiger partial charge in [-0.05, 0) is 56.0 Å². The van der Waals surface area contributed by atoms with Crippen LogP contribution in [0.5, 0.6) is 0 Å². The number of carbonyl (C=O) groups is 2. The molecule has 1 aliphatic heterocycles. The monoisotopic (exact) mass is 398 g/mol. The minimum atomic E-state index is -0.748. The Bertz CT molecular complexity index is 797. The summed E-state index contributed by atoms with van der Waals surface area (Å²) in [5.74, 6) is -0.416. The van der Waals surface area contributed by atoms with Crippen LogP contribution < -0.4 is 5.32 Å². The SMILES string of the molecule is O=C(O)CCC1CCCN(CC(=O)Nc2ccccc2Sc2ccccc2)C1. The van der Waals surface area contributed by atoms with Gasteiger partial charge in [-0.15, -0.1) is 0 Å². The maximum absolute atomic E-state index is 12.6. The van der Waals surface area contributed by atoms with E-state index < -0.39 is 5.97 Å². The van der Waals surface area contributed by atoms with Gasteiger partial charge in [0.15, 0.2) is 0 Å². The minimum Gasteiger partial charge on any atom is -0.481 e. The van der Waals surface area contributed by atoms with Crippen LogP contribution in [0.3, 0.4) is 0 Å². The molecule has 1 amide bonds. The zero-order valence-corrected chi connectivity index (χ0v) is 16.7. The third-order valence-electron chi connectivity index (χ3n) is 4.87. The number of hydrogen-bond donors (Lipinski definition) is 2. The van der Waals surface area contributed by atoms with Crippen molar-refractivity contribution < 1.29 is 14.7 Å². The van der Waals surface area contributed by atoms with Crippen molar-refractivity contribution in [1.29, 1.82) is 0 Å². The number of carboxylic acid groups (broad SMARTS) is 1. The predicted molar refractivity (Wildman–Crippen MR) is 112 cm³/mol. The second-order valence-corrected chi connectivity index (χ2v) is 8.25. The van der Waals surface area contributed by atoms with Crippen LogP contribution in [0, 0.1) is 5.92 Å². The van der Waals surface area contributed by atoms with E-state index in [-0.39, 0.29) is 12.3 Å². The van der Waals surface area contributed by atoms with Gasteiger partial charge in [0.1, 0.15) is 0 Å². The Balaban J connectivity index is 1.55. The summed E-state index contributed by atoms with van der Waals surface area (Å²) in [5, 5.41) is 11.9. The van der Waals surface area contributed by atoms with Gasteiger partial charge in [0, 0.05) is 22.8 Å². The van der Waals surface area contributed by atoms with Gasteiger partial charge in [0.25, 0.3) is 0 Å². The van der Waals surface area contributed by atoms with Gasteiger partial charge >= 0.3 is 5.97 Å². The van der Waals surface area contributed by atoms with Crippen molar-refractivity contribution in [2.75, 3.05) is 25.0 Å². The van der Waals surface area contributed by atoms with Gasteiger partial charge in [-0.25, -0.2) is 0 Å². The first kappa shape index (κ1) is 20.4. The highest BCUT2D eigenvalue weighted by molar-refractivity contribution is 7.99. The fourth-order valence-electron chi connectivity index (χ4n) is 3.53. The lowest BCUT2D eigenvalue weighted by molar-refractivity contribution is -0.137. The van der Waals surface area contributed by atoms with Crippen LogP contribution in [0.2, 0.25) is 0 Å². The topological polar surface area (TPSA) is 69.6 Å². The number of aliphatic carboxylic acids is 1. The molecule has 1 fully saturated rings. The summed E-state index contributed by atoms with van der Waals surface area (Å²) < 4.78 is 0. The molecule has 5 nitrogen and oxygen atoms in total. The second kappa shape index (κ2) is 10.3. The molecule has 1 unspecified atom stereocenters. The van der Waals surface area contributed by atoms with Gasteiger partial charge < -0.3 is 10.4 Å². The summed E-state index contributed by atoms with van der Waals surface area (Å²) in [6, 6.07) is 17.9. The quantitative estimate of drug-likeness (QED) is 0.692. The predicted octanol–water partition coefficient (Wildman–Crippen LogP) is 4.35. The molecule has 0 aromatic heterocycles. The molecule has 0 bridgehead atoms. The summed E-state index contributed by atoms with van der Waals surface area (Å²) >= 11 is 1.63. The summed E-state index contributed by atoms with van der Waals surface area (Å²) in [5.41, 5.74) is 0.820. The fourth-order valence-corrected chi connectivity index (χ4v) is 4.45. The Morgan fingerprint density at radius 1 is 1.11 bits per heavy atom. The lowest BCUT2D eigenvalue weighted by atomic mass is 9.93. The maximum atomic E-state index is 12.6. The van der Waals surface area contributed by atoms with E-state index >= 15 is 0 Å². The van der Waals surface area contributed by atoms with Gasteiger partial charge in [0.2, 0.25) is 5.91 Å². The van der Waals surface area contributed by atoms with E-state index in [9.17, 15) is 9.59 Å². The molecule has 0 spiro atoms. The number of nitrogens with zero attached hydrogens (tertiary/aromatic N) is 1. The lowest BCUT2D eigenvalue weighted by Gasteiger charge is -2.32. The van der Waals surface area contributed by atoms with Crippen molar-refractivity contribution in [2.24, 2.45) is 5.92 Å². The van der Waals surface area contributed by atoms with Crippen LogP contribution in [0.25, 0.3) is 0 Å². The number of piperidine rings is 1. The first-order valence-electron chi connectivity index (χ1n) is 9.66. The molecule has 6 heteroatoms. The standard InChI is InChI=1S/C22H26N2O3S/c25-21(16-24-14-6-7-17(15-24)12-13-22(26)27)23-19-10-4-5-11-20(19)28-18-8-2-1-3-9-18/h1-5,8-11,17H,6-7,12-16H2,(H,23,25)(H,26,27). The van der Waals surface area contributed by atoms with E-state index in [2.05, 4.69) is 10.2 Å². The van der Waals surface area contributed by atoms with Gasteiger partial charge in [-0.2, -0.15) is 0 Å². The van der Waals surface area contributed by atoms with Gasteiger partial charge in [-0.1, -0.05) is 42.1 Å². The normalized spacial score (nSPS) is 17.2. The van der Waals surface area contributed by atoms with Crippen molar-refractivity contribution >= 4 is 29.3 Å². The Kier molecular flexibility index (Phi) is 7.51. The highest BCUT2D eigenvalue weighted by Crippen LogP contribution is 2.33. The molecule has 28 heavy (non-hydrogen) atoms. The van der Waals surface area contributed by atoms with Crippen LogP contribution in [0.4, 0.5) is 5.69 Å². The molecule has 0 radical (unpaired) electrons. The van der Waals surface area contributed by atoms with E-state index in [4.69, 9.17) is 5.11 Å². The summed E-state index contributed by atoms with van der Waals surface area (Å²) in [6.45, 7) is 2.02. The molecule has 2 aromatic carbocycles. The van der Waals surface area contributed by atoms with Gasteiger partial charge in [0.05, 0.1) is 12.2 Å². The highest BCUT2D eigenvalue weighted by Gasteiger charge is 2.22. The highest BCUT2D eigenvalue weighted by atomic mass is 32.2. The molecule has 1 aliphatic rings. The number of rotatable bonds is 8. The van der Waals surface area contributed by atoms with Crippen molar-refractivity contribution in [2.45, 2.75) is 35.5 Å². The van der Waals surface area contributed by atoms with Crippen LogP contribution in [-0.2, 0) is 9.59 Å². The van der Waals surface area contributed by atoms with E-state index in [0.717, 1.165) is 41.4 Å². The third-order valence-corrected chi connectivity index (χ3v) is 5.95. The molecule has 3 rings (SSSR count). The molecule has 1 saturated heterocycles. The number of para-hydroxylation sites is 1. The maximum Gasteiger partial charge on any atom is 0.303 e. The van der Waals surface area contributed by atoms with Crippen LogP contribution >= 0.6 is 11.8 Å². The molecule has 1 atom stereocenters. The summed E-state index contributed by atoms with van der Waals surface area (Å²) in [6.07, 6.45) is 2.94. The molecule has 0 saturated carbocycles. The van der Waals surface area contributed by atoms with E-state index in [1.807, 2.05) is 54.6 Å². The van der Waals surface area contributed by atoms with E-state index in [1.54, 1.807) is 11.8 Å². The van der Waals surface area contributed by atoms with Crippen molar-refractivity contribution in [3.63, 3.8) is 0 Å². The Morgan fingerprint density at radius 2 is 1.86 bits per heavy atom. The number of carboxylic acids is 1. The zero-order valence-electron chi connectivity index (χ0n) is 15.8. The molecule has 2 N–H and O–H groups in total. The van der Waals surface area contributed by atoms with Crippen LogP contribution in [-0.4, -0.2) is 41.5 Å². The average molecular weight is 399 g/mol. The number of likely N-dealkylation sites (tertiary alicyclic amines) is 1. The van der Waals surface area contributed by atoms with Crippen molar-refractivity contribution in [3.05, 3.63) is 54.6 Å². The average Bonchev–Trinajstić information content (AvgIpc) is 2.69. The largest absolute Gasteiger partial charge is 0.481 e. The van der Waals surface area contributed by atoms with E-state index in [1.165, 1.54) is 0 Å². The minimum absolute atomic E-state index is 0.0278. The molecule has 148 valence electrons. The number of benzene rings is 2. The number of nitrogens with one attached hydrogen (secondary N) is 1. The first-order valence-corrected chi connectivity index (χ1v) is 10.5. The molecule has 0 aliphatic carbocycles. The molecular formula is C22H26N2O3S. The van der Waals surface area contributed by atoms with Crippen molar-refractivity contribution in [3.8, 4) is 0 Å². The number of amides is 1. The fraction of sp³-hybridized carbons (Fsp3) is 0.364. The van der Waals surface area contributed by atoms with Crippen LogP contribution in [0.1, 0.15) is 25.7 Å². The smallest absolute Gasteiger partial charge is 0.303 e. The Morgan fingerprint density at radius 3 is 2.64 bits per heavy atom. The number of carbonyl (C=O) groups excluding carboxylic acids is 1. The third kappa shape index (κ3) is 6.39. The molecular weight excluding hydrogens is 372 g/mol.